The molecule has 33 heavy (non-hydrogen) atoms. The summed E-state index contributed by atoms with van der Waals surface area (Å²) < 4.78 is 5.83. The lowest BCUT2D eigenvalue weighted by atomic mass is 10.1. The Labute approximate surface area is 207 Å². The van der Waals surface area contributed by atoms with Crippen molar-refractivity contribution in [3.8, 4) is 11.5 Å². The topological polar surface area (TPSA) is 42.4 Å². The van der Waals surface area contributed by atoms with Crippen LogP contribution >= 0.6 is 34.8 Å². The van der Waals surface area contributed by atoms with Gasteiger partial charge in [0.15, 0.2) is 0 Å². The number of rotatable bonds is 7. The first kappa shape index (κ1) is 23.1. The third-order valence-corrected chi connectivity index (χ3v) is 5.75. The number of benzene rings is 3. The van der Waals surface area contributed by atoms with Gasteiger partial charge >= 0.3 is 0 Å². The number of pyridine rings is 1. The van der Waals surface area contributed by atoms with E-state index in [-0.39, 0.29) is 5.91 Å². The Morgan fingerprint density at radius 2 is 1.48 bits per heavy atom. The van der Waals surface area contributed by atoms with E-state index >= 15 is 0 Å². The second-order valence-corrected chi connectivity index (χ2v) is 8.62. The van der Waals surface area contributed by atoms with Gasteiger partial charge in [-0.05, 0) is 77.9 Å². The minimum Gasteiger partial charge on any atom is -0.457 e. The molecule has 4 aromatic rings. The minimum absolute atomic E-state index is 0.136. The first-order valence-corrected chi connectivity index (χ1v) is 11.3. The van der Waals surface area contributed by atoms with Gasteiger partial charge in [-0.2, -0.15) is 0 Å². The van der Waals surface area contributed by atoms with Crippen molar-refractivity contribution in [2.75, 3.05) is 0 Å². The highest BCUT2D eigenvalue weighted by atomic mass is 35.5. The number of aromatic nitrogens is 1. The molecule has 1 heterocycles. The van der Waals surface area contributed by atoms with Crippen LogP contribution in [0.4, 0.5) is 0 Å². The van der Waals surface area contributed by atoms with E-state index in [4.69, 9.17) is 39.5 Å². The maximum Gasteiger partial charge on any atom is 0.254 e. The molecule has 0 radical (unpaired) electrons. The van der Waals surface area contributed by atoms with E-state index in [1.54, 1.807) is 78.0 Å². The molecule has 0 unspecified atom stereocenters. The summed E-state index contributed by atoms with van der Waals surface area (Å²) in [5.74, 6) is 1.14. The van der Waals surface area contributed by atoms with Gasteiger partial charge in [-0.1, -0.05) is 46.9 Å². The molecular weight excluding hydrogens is 479 g/mol. The molecule has 0 N–H and O–H groups in total. The van der Waals surface area contributed by atoms with Crippen LogP contribution in [0.15, 0.2) is 91.3 Å². The lowest BCUT2D eigenvalue weighted by Crippen LogP contribution is -2.30. The summed E-state index contributed by atoms with van der Waals surface area (Å²) in [5.41, 5.74) is 2.26. The lowest BCUT2D eigenvalue weighted by Gasteiger charge is -2.24. The Bertz CT molecular complexity index is 1230. The van der Waals surface area contributed by atoms with Crippen molar-refractivity contribution in [1.29, 1.82) is 0 Å². The van der Waals surface area contributed by atoms with Crippen molar-refractivity contribution in [1.82, 2.24) is 9.88 Å². The largest absolute Gasteiger partial charge is 0.457 e. The monoisotopic (exact) mass is 496 g/mol. The number of carbonyl (C=O) groups excluding carboxylic acids is 1. The smallest absolute Gasteiger partial charge is 0.254 e. The second-order valence-electron chi connectivity index (χ2n) is 7.34. The zero-order valence-corrected chi connectivity index (χ0v) is 19.7. The standard InChI is InChI=1S/C26H19Cl3N2O2/c27-21-7-11-24(12-8-21)33-23-9-4-19(5-10-23)26(32)31(16-18-2-1-13-30-15-18)17-20-3-6-22(28)14-25(20)29/h1-15H,16-17H2. The van der Waals surface area contributed by atoms with Crippen LogP contribution < -0.4 is 4.74 Å². The van der Waals surface area contributed by atoms with Gasteiger partial charge in [-0.3, -0.25) is 9.78 Å². The zero-order valence-electron chi connectivity index (χ0n) is 17.4. The number of ether oxygens (including phenoxy) is 1. The van der Waals surface area contributed by atoms with Gasteiger partial charge in [-0.15, -0.1) is 0 Å². The predicted molar refractivity (Wildman–Crippen MR) is 132 cm³/mol. The van der Waals surface area contributed by atoms with Crippen LogP contribution in [0.1, 0.15) is 21.5 Å². The molecule has 0 aliphatic heterocycles. The molecule has 3 aromatic carbocycles. The molecule has 4 nitrogen and oxygen atoms in total. The molecule has 4 rings (SSSR count). The fraction of sp³-hybridized carbons (Fsp3) is 0.0769. The van der Waals surface area contributed by atoms with Gasteiger partial charge in [0.2, 0.25) is 0 Å². The number of halogens is 3. The number of amides is 1. The number of nitrogens with zero attached hydrogens (tertiary/aromatic N) is 2. The van der Waals surface area contributed by atoms with E-state index in [1.165, 1.54) is 0 Å². The Morgan fingerprint density at radius 3 is 2.12 bits per heavy atom. The van der Waals surface area contributed by atoms with Crippen molar-refractivity contribution in [2.24, 2.45) is 0 Å². The van der Waals surface area contributed by atoms with Gasteiger partial charge in [0, 0.05) is 46.1 Å². The van der Waals surface area contributed by atoms with Gasteiger partial charge in [0.1, 0.15) is 11.5 Å². The molecule has 1 aromatic heterocycles. The Morgan fingerprint density at radius 1 is 0.818 bits per heavy atom. The highest BCUT2D eigenvalue weighted by molar-refractivity contribution is 6.35. The van der Waals surface area contributed by atoms with Crippen LogP contribution in [0.25, 0.3) is 0 Å². The number of hydrogen-bond donors (Lipinski definition) is 0. The molecule has 0 atom stereocenters. The van der Waals surface area contributed by atoms with Gasteiger partial charge < -0.3 is 9.64 Å². The Hall–Kier alpha value is -3.05. The van der Waals surface area contributed by atoms with Crippen molar-refractivity contribution in [3.05, 3.63) is 123 Å². The number of carbonyl (C=O) groups is 1. The first-order valence-electron chi connectivity index (χ1n) is 10.1. The highest BCUT2D eigenvalue weighted by Crippen LogP contribution is 2.26. The van der Waals surface area contributed by atoms with Crippen molar-refractivity contribution < 1.29 is 9.53 Å². The fourth-order valence-corrected chi connectivity index (χ4v) is 3.85. The minimum atomic E-state index is -0.136. The third kappa shape index (κ3) is 6.26. The molecule has 0 aliphatic rings. The van der Waals surface area contributed by atoms with Gasteiger partial charge in [0.25, 0.3) is 5.91 Å². The molecule has 0 saturated heterocycles. The lowest BCUT2D eigenvalue weighted by molar-refractivity contribution is 0.0730. The molecular formula is C26H19Cl3N2O2. The van der Waals surface area contributed by atoms with Crippen LogP contribution in [-0.4, -0.2) is 15.8 Å². The SMILES string of the molecule is O=C(c1ccc(Oc2ccc(Cl)cc2)cc1)N(Cc1cccnc1)Cc1ccc(Cl)cc1Cl. The summed E-state index contributed by atoms with van der Waals surface area (Å²) in [7, 11) is 0. The highest BCUT2D eigenvalue weighted by Gasteiger charge is 2.18. The van der Waals surface area contributed by atoms with Crippen LogP contribution in [0.2, 0.25) is 15.1 Å². The quantitative estimate of drug-likeness (QED) is 0.263. The summed E-state index contributed by atoms with van der Waals surface area (Å²) in [6.45, 7) is 0.710. The van der Waals surface area contributed by atoms with Crippen LogP contribution in [0.5, 0.6) is 11.5 Å². The molecule has 0 spiro atoms. The molecule has 0 aliphatic carbocycles. The average Bonchev–Trinajstić information content (AvgIpc) is 2.82. The molecule has 0 fully saturated rings. The van der Waals surface area contributed by atoms with E-state index in [1.807, 2.05) is 18.2 Å². The maximum absolute atomic E-state index is 13.4. The van der Waals surface area contributed by atoms with E-state index in [0.717, 1.165) is 11.1 Å². The fourth-order valence-electron chi connectivity index (χ4n) is 3.25. The summed E-state index contributed by atoms with van der Waals surface area (Å²) in [5, 5.41) is 1.70. The molecule has 1 amide bonds. The molecule has 0 saturated carbocycles. The average molecular weight is 498 g/mol. The van der Waals surface area contributed by atoms with Gasteiger partial charge in [0.05, 0.1) is 0 Å². The van der Waals surface area contributed by atoms with E-state index in [2.05, 4.69) is 4.98 Å². The molecule has 0 bridgehead atoms. The van der Waals surface area contributed by atoms with E-state index in [0.29, 0.717) is 45.2 Å². The van der Waals surface area contributed by atoms with Crippen LogP contribution in [0.3, 0.4) is 0 Å². The van der Waals surface area contributed by atoms with Crippen molar-refractivity contribution in [2.45, 2.75) is 13.1 Å². The van der Waals surface area contributed by atoms with Crippen LogP contribution in [-0.2, 0) is 13.1 Å². The second kappa shape index (κ2) is 10.7. The zero-order chi connectivity index (χ0) is 23.2. The molecule has 166 valence electrons. The Kier molecular flexibility index (Phi) is 7.50. The van der Waals surface area contributed by atoms with Crippen molar-refractivity contribution in [3.63, 3.8) is 0 Å². The predicted octanol–water partition coefficient (Wildman–Crippen LogP) is 7.68. The number of hydrogen-bond acceptors (Lipinski definition) is 3. The summed E-state index contributed by atoms with van der Waals surface area (Å²) >= 11 is 18.3. The van der Waals surface area contributed by atoms with Crippen LogP contribution in [0, 0.1) is 0 Å². The van der Waals surface area contributed by atoms with E-state index < -0.39 is 0 Å². The maximum atomic E-state index is 13.4. The summed E-state index contributed by atoms with van der Waals surface area (Å²) in [6, 6.07) is 23.1. The van der Waals surface area contributed by atoms with E-state index in [9.17, 15) is 4.79 Å². The normalized spacial score (nSPS) is 10.6. The summed E-state index contributed by atoms with van der Waals surface area (Å²) in [4.78, 5) is 19.3. The summed E-state index contributed by atoms with van der Waals surface area (Å²) in [6.07, 6.45) is 3.44. The molecule has 7 heteroatoms. The Balaban J connectivity index is 1.55. The van der Waals surface area contributed by atoms with Crippen molar-refractivity contribution >= 4 is 40.7 Å². The third-order valence-electron chi connectivity index (χ3n) is 4.91. The first-order chi connectivity index (χ1) is 16.0. The van der Waals surface area contributed by atoms with Gasteiger partial charge in [-0.25, -0.2) is 0 Å².